The first kappa shape index (κ1) is 14.1. The van der Waals surface area contributed by atoms with Crippen molar-refractivity contribution in [2.75, 3.05) is 5.32 Å². The van der Waals surface area contributed by atoms with Gasteiger partial charge in [-0.15, -0.1) is 0 Å². The van der Waals surface area contributed by atoms with E-state index in [1.54, 1.807) is 13.0 Å². The van der Waals surface area contributed by atoms with Crippen molar-refractivity contribution in [1.29, 1.82) is 0 Å². The van der Waals surface area contributed by atoms with Crippen LogP contribution in [0, 0.1) is 6.92 Å². The van der Waals surface area contributed by atoms with E-state index in [9.17, 15) is 13.2 Å². The maximum atomic E-state index is 12.0. The Bertz CT molecular complexity index is 745. The Kier molecular flexibility index (Phi) is 3.77. The highest BCUT2D eigenvalue weighted by Gasteiger charge is 2.12. The van der Waals surface area contributed by atoms with Crippen molar-refractivity contribution in [2.45, 2.75) is 11.8 Å². The quantitative estimate of drug-likeness (QED) is 0.863. The predicted molar refractivity (Wildman–Crippen MR) is 72.5 cm³/mol. The Morgan fingerprint density at radius 2 is 2.00 bits per heavy atom. The van der Waals surface area contributed by atoms with Crippen LogP contribution < -0.4 is 10.5 Å². The number of anilines is 1. The molecular formula is C12H12N4O3S. The topological polar surface area (TPSA) is 115 Å². The Morgan fingerprint density at radius 3 is 2.60 bits per heavy atom. The second-order valence-corrected chi connectivity index (χ2v) is 5.67. The second kappa shape index (κ2) is 5.35. The van der Waals surface area contributed by atoms with Crippen molar-refractivity contribution in [1.82, 2.24) is 10.2 Å². The van der Waals surface area contributed by atoms with Crippen LogP contribution in [-0.2, 0) is 10.0 Å². The van der Waals surface area contributed by atoms with E-state index >= 15 is 0 Å². The number of carbonyl (C=O) groups is 1. The molecule has 1 aromatic heterocycles. The Morgan fingerprint density at radius 1 is 1.25 bits per heavy atom. The molecule has 3 N–H and O–H groups in total. The summed E-state index contributed by atoms with van der Waals surface area (Å²) in [6.07, 6.45) is 2.71. The Labute approximate surface area is 115 Å². The third-order valence-electron chi connectivity index (χ3n) is 2.63. The first-order valence-electron chi connectivity index (χ1n) is 5.59. The molecular weight excluding hydrogens is 280 g/mol. The molecule has 0 unspecified atom stereocenters. The number of sulfonamides is 1. The molecule has 0 saturated heterocycles. The van der Waals surface area contributed by atoms with E-state index in [0.717, 1.165) is 0 Å². The van der Waals surface area contributed by atoms with Crippen LogP contribution in [0.15, 0.2) is 41.6 Å². The van der Waals surface area contributed by atoms with E-state index in [1.807, 2.05) is 0 Å². The summed E-state index contributed by atoms with van der Waals surface area (Å²) in [5.41, 5.74) is 1.41. The molecule has 0 aliphatic rings. The molecule has 0 fully saturated rings. The van der Waals surface area contributed by atoms with Crippen LogP contribution in [0.1, 0.15) is 15.9 Å². The van der Waals surface area contributed by atoms with Crippen LogP contribution in [0.4, 0.5) is 5.69 Å². The van der Waals surface area contributed by atoms with Gasteiger partial charge in [0.25, 0.3) is 5.91 Å². The number of rotatable bonds is 3. The van der Waals surface area contributed by atoms with Gasteiger partial charge in [-0.25, -0.2) is 13.6 Å². The normalized spacial score (nSPS) is 11.1. The zero-order valence-electron chi connectivity index (χ0n) is 10.6. The molecule has 1 aromatic carbocycles. The van der Waals surface area contributed by atoms with Crippen LogP contribution in [0.2, 0.25) is 0 Å². The lowest BCUT2D eigenvalue weighted by molar-refractivity contribution is 0.102. The number of nitrogens with one attached hydrogen (secondary N) is 1. The number of aryl methyl sites for hydroxylation is 1. The van der Waals surface area contributed by atoms with Crippen molar-refractivity contribution in [3.8, 4) is 0 Å². The third kappa shape index (κ3) is 3.16. The molecule has 2 rings (SSSR count). The van der Waals surface area contributed by atoms with Crippen LogP contribution >= 0.6 is 0 Å². The fourth-order valence-electron chi connectivity index (χ4n) is 1.53. The number of benzene rings is 1. The summed E-state index contributed by atoms with van der Waals surface area (Å²) in [4.78, 5) is 11.9. The second-order valence-electron chi connectivity index (χ2n) is 4.11. The average Bonchev–Trinajstić information content (AvgIpc) is 2.41. The average molecular weight is 292 g/mol. The van der Waals surface area contributed by atoms with Crippen molar-refractivity contribution in [3.63, 3.8) is 0 Å². The molecule has 20 heavy (non-hydrogen) atoms. The minimum Gasteiger partial charge on any atom is -0.322 e. The van der Waals surface area contributed by atoms with Crippen LogP contribution in [0.25, 0.3) is 0 Å². The standard InChI is InChI=1S/C12H12N4O3S/c1-8-2-3-10(20(13,18)19)6-11(8)16-12(17)9-4-5-14-15-7-9/h2-7H,1H3,(H,16,17)(H2,13,18,19). The molecule has 0 radical (unpaired) electrons. The summed E-state index contributed by atoms with van der Waals surface area (Å²) in [7, 11) is -3.82. The monoisotopic (exact) mass is 292 g/mol. The van der Waals surface area contributed by atoms with Gasteiger partial charge in [0.15, 0.2) is 0 Å². The summed E-state index contributed by atoms with van der Waals surface area (Å²) in [5, 5.41) is 14.8. The number of carbonyl (C=O) groups excluding carboxylic acids is 1. The van der Waals surface area contributed by atoms with E-state index in [0.29, 0.717) is 16.8 Å². The number of nitrogens with two attached hydrogens (primary N) is 1. The summed E-state index contributed by atoms with van der Waals surface area (Å²) in [6.45, 7) is 1.74. The third-order valence-corrected chi connectivity index (χ3v) is 3.54. The highest BCUT2D eigenvalue weighted by atomic mass is 32.2. The van der Waals surface area contributed by atoms with Crippen LogP contribution in [0.3, 0.4) is 0 Å². The van der Waals surface area contributed by atoms with Gasteiger partial charge < -0.3 is 5.32 Å². The number of aromatic nitrogens is 2. The highest BCUT2D eigenvalue weighted by Crippen LogP contribution is 2.20. The first-order valence-corrected chi connectivity index (χ1v) is 7.14. The number of hydrogen-bond donors (Lipinski definition) is 2. The predicted octanol–water partition coefficient (Wildman–Crippen LogP) is 0.685. The Balaban J connectivity index is 2.32. The van der Waals surface area contributed by atoms with Crippen molar-refractivity contribution < 1.29 is 13.2 Å². The van der Waals surface area contributed by atoms with Gasteiger partial charge >= 0.3 is 0 Å². The fourth-order valence-corrected chi connectivity index (χ4v) is 2.07. The van der Waals surface area contributed by atoms with Gasteiger partial charge in [0, 0.05) is 5.69 Å². The van der Waals surface area contributed by atoms with Gasteiger partial charge in [-0.1, -0.05) is 6.07 Å². The highest BCUT2D eigenvalue weighted by molar-refractivity contribution is 7.89. The fraction of sp³-hybridized carbons (Fsp3) is 0.0833. The number of nitrogens with zero attached hydrogens (tertiary/aromatic N) is 2. The minimum absolute atomic E-state index is 0.0637. The lowest BCUT2D eigenvalue weighted by atomic mass is 10.2. The number of primary sulfonamides is 1. The van der Waals surface area contributed by atoms with Crippen molar-refractivity contribution in [2.24, 2.45) is 5.14 Å². The van der Waals surface area contributed by atoms with E-state index in [4.69, 9.17) is 5.14 Å². The molecule has 0 aliphatic heterocycles. The van der Waals surface area contributed by atoms with Gasteiger partial charge in [-0.05, 0) is 30.7 Å². The molecule has 1 heterocycles. The maximum Gasteiger partial charge on any atom is 0.257 e. The summed E-state index contributed by atoms with van der Waals surface area (Å²) >= 11 is 0. The number of hydrogen-bond acceptors (Lipinski definition) is 5. The lowest BCUT2D eigenvalue weighted by Gasteiger charge is -2.09. The maximum absolute atomic E-state index is 12.0. The zero-order valence-corrected chi connectivity index (χ0v) is 11.4. The summed E-state index contributed by atoms with van der Waals surface area (Å²) in [6, 6.07) is 5.77. The van der Waals surface area contributed by atoms with E-state index in [1.165, 1.54) is 30.6 Å². The van der Waals surface area contributed by atoms with Gasteiger partial charge in [0.1, 0.15) is 0 Å². The van der Waals surface area contributed by atoms with Crippen LogP contribution in [0.5, 0.6) is 0 Å². The van der Waals surface area contributed by atoms with Crippen molar-refractivity contribution >= 4 is 21.6 Å². The van der Waals surface area contributed by atoms with Gasteiger partial charge in [-0.3, -0.25) is 4.79 Å². The minimum atomic E-state index is -3.82. The smallest absolute Gasteiger partial charge is 0.257 e. The van der Waals surface area contributed by atoms with Crippen molar-refractivity contribution in [3.05, 3.63) is 47.8 Å². The molecule has 0 aliphatic carbocycles. The van der Waals surface area contributed by atoms with Crippen LogP contribution in [-0.4, -0.2) is 24.5 Å². The molecule has 0 bridgehead atoms. The molecule has 7 nitrogen and oxygen atoms in total. The molecule has 8 heteroatoms. The van der Waals surface area contributed by atoms with Gasteiger partial charge in [-0.2, -0.15) is 10.2 Å². The molecule has 104 valence electrons. The molecule has 0 atom stereocenters. The molecule has 0 saturated carbocycles. The molecule has 2 aromatic rings. The lowest BCUT2D eigenvalue weighted by Crippen LogP contribution is -2.16. The Hall–Kier alpha value is -2.32. The largest absolute Gasteiger partial charge is 0.322 e. The summed E-state index contributed by atoms with van der Waals surface area (Å²) < 4.78 is 22.6. The molecule has 0 spiro atoms. The number of amides is 1. The summed E-state index contributed by atoms with van der Waals surface area (Å²) in [5.74, 6) is -0.408. The van der Waals surface area contributed by atoms with Gasteiger partial charge in [0.05, 0.1) is 22.9 Å². The first-order chi connectivity index (χ1) is 9.38. The van der Waals surface area contributed by atoms with Gasteiger partial charge in [0.2, 0.25) is 10.0 Å². The zero-order chi connectivity index (χ0) is 14.8. The SMILES string of the molecule is Cc1ccc(S(N)(=O)=O)cc1NC(=O)c1ccnnc1. The van der Waals surface area contributed by atoms with E-state index in [2.05, 4.69) is 15.5 Å². The van der Waals surface area contributed by atoms with E-state index < -0.39 is 15.9 Å². The van der Waals surface area contributed by atoms with E-state index in [-0.39, 0.29) is 4.90 Å². The molecule has 1 amide bonds.